The number of carboxylic acids is 1. The van der Waals surface area contributed by atoms with Gasteiger partial charge in [-0.3, -0.25) is 14.4 Å². The summed E-state index contributed by atoms with van der Waals surface area (Å²) in [7, 11) is 0. The molecular weight excluding hydrogens is 853 g/mol. The molecule has 0 aliphatic carbocycles. The van der Waals surface area contributed by atoms with Gasteiger partial charge in [0.1, 0.15) is 18.8 Å². The molecule has 1 heterocycles. The number of carboxylic acid groups (broad SMARTS) is 1. The highest BCUT2D eigenvalue weighted by molar-refractivity contribution is 5.74. The van der Waals surface area contributed by atoms with Crippen molar-refractivity contribution in [2.45, 2.75) is 250 Å². The first-order valence-electron chi connectivity index (χ1n) is 26.3. The Morgan fingerprint density at radius 1 is 0.507 bits per heavy atom. The molecule has 0 aromatic carbocycles. The smallest absolute Gasteiger partial charge is 0.335 e. The number of carbonyl (C=O) groups is 4. The molecule has 0 spiro atoms. The molecule has 6 unspecified atom stereocenters. The number of ether oxygens (including phenoxy) is 5. The summed E-state index contributed by atoms with van der Waals surface area (Å²) in [6.07, 6.45) is 39.6. The van der Waals surface area contributed by atoms with Crippen LogP contribution in [0.4, 0.5) is 0 Å². The first-order valence-corrected chi connectivity index (χ1v) is 26.3. The number of unbranched alkanes of at least 4 members (excludes halogenated alkanes) is 20. The molecule has 1 aliphatic heterocycles. The summed E-state index contributed by atoms with van der Waals surface area (Å²) in [5.74, 6) is -3.28. The van der Waals surface area contributed by atoms with Crippen LogP contribution in [0.5, 0.6) is 0 Å². The van der Waals surface area contributed by atoms with Gasteiger partial charge in [-0.15, -0.1) is 0 Å². The van der Waals surface area contributed by atoms with Gasteiger partial charge in [0, 0.05) is 12.8 Å². The predicted octanol–water partition coefficient (Wildman–Crippen LogP) is 12.4. The zero-order valence-electron chi connectivity index (χ0n) is 41.9. The number of hydrogen-bond acceptors (Lipinski definition) is 11. The molecule has 1 aliphatic rings. The van der Waals surface area contributed by atoms with E-state index in [0.29, 0.717) is 19.3 Å². The Kier molecular flexibility index (Phi) is 40.1. The van der Waals surface area contributed by atoms with Gasteiger partial charge >= 0.3 is 23.9 Å². The molecule has 67 heavy (non-hydrogen) atoms. The predicted molar refractivity (Wildman–Crippen MR) is 266 cm³/mol. The first kappa shape index (κ1) is 61.4. The van der Waals surface area contributed by atoms with Crippen molar-refractivity contribution < 1.29 is 58.2 Å². The summed E-state index contributed by atoms with van der Waals surface area (Å²) in [5, 5.41) is 31.3. The van der Waals surface area contributed by atoms with E-state index in [2.05, 4.69) is 63.3 Å². The van der Waals surface area contributed by atoms with Crippen LogP contribution in [0.15, 0.2) is 60.8 Å². The normalized spacial score (nSPS) is 19.3. The van der Waals surface area contributed by atoms with Crippen LogP contribution >= 0.6 is 0 Å². The maximum absolute atomic E-state index is 13.1. The molecule has 1 saturated heterocycles. The highest BCUT2D eigenvalue weighted by Crippen LogP contribution is 2.26. The van der Waals surface area contributed by atoms with Crippen LogP contribution in [0.25, 0.3) is 0 Å². The third-order valence-electron chi connectivity index (χ3n) is 11.6. The van der Waals surface area contributed by atoms with E-state index in [-0.39, 0.29) is 25.9 Å². The molecule has 0 bridgehead atoms. The van der Waals surface area contributed by atoms with Gasteiger partial charge in [-0.2, -0.15) is 0 Å². The van der Waals surface area contributed by atoms with Gasteiger partial charge < -0.3 is 39.0 Å². The number of rotatable bonds is 43. The zero-order chi connectivity index (χ0) is 49.0. The minimum atomic E-state index is -1.91. The third kappa shape index (κ3) is 34.4. The zero-order valence-corrected chi connectivity index (χ0v) is 41.9. The molecule has 0 saturated carbocycles. The fourth-order valence-electron chi connectivity index (χ4n) is 7.62. The van der Waals surface area contributed by atoms with E-state index in [0.717, 1.165) is 70.6 Å². The molecule has 6 atom stereocenters. The quantitative estimate of drug-likeness (QED) is 0.0229. The lowest BCUT2D eigenvalue weighted by Crippen LogP contribution is -2.61. The monoisotopic (exact) mass is 945 g/mol. The van der Waals surface area contributed by atoms with E-state index in [1.165, 1.54) is 83.5 Å². The molecule has 1 fully saturated rings. The minimum absolute atomic E-state index is 0.0128. The van der Waals surface area contributed by atoms with Gasteiger partial charge in [-0.25, -0.2) is 4.79 Å². The maximum atomic E-state index is 13.1. The molecule has 0 aromatic rings. The van der Waals surface area contributed by atoms with Gasteiger partial charge in [-0.05, 0) is 44.9 Å². The molecule has 12 heteroatoms. The van der Waals surface area contributed by atoms with E-state index >= 15 is 0 Å². The first-order chi connectivity index (χ1) is 32.6. The largest absolute Gasteiger partial charge is 0.479 e. The molecule has 0 aromatic heterocycles. The van der Waals surface area contributed by atoms with E-state index < -0.39 is 67.3 Å². The van der Waals surface area contributed by atoms with Crippen molar-refractivity contribution in [2.24, 2.45) is 0 Å². The second-order valence-electron chi connectivity index (χ2n) is 17.8. The van der Waals surface area contributed by atoms with Gasteiger partial charge in [-0.1, -0.05) is 210 Å². The maximum Gasteiger partial charge on any atom is 0.335 e. The van der Waals surface area contributed by atoms with Crippen molar-refractivity contribution in [1.82, 2.24) is 0 Å². The second kappa shape index (κ2) is 43.7. The van der Waals surface area contributed by atoms with Crippen LogP contribution in [0, 0.1) is 0 Å². The van der Waals surface area contributed by atoms with Crippen LogP contribution in [0.3, 0.4) is 0 Å². The second-order valence-corrected chi connectivity index (χ2v) is 17.8. The van der Waals surface area contributed by atoms with Crippen molar-refractivity contribution in [3.8, 4) is 0 Å². The molecular formula is C55H92O12. The summed E-state index contributed by atoms with van der Waals surface area (Å²) in [4.78, 5) is 50.7. The standard InChI is InChI=1S/C55H92O12/c1-4-7-10-13-16-19-21-23-24-26-27-30-32-35-38-41-47(56)63-44-46(65-48(57)42-39-36-34-31-28-25-22-20-17-14-11-8-5-2)45-64-55-53(51(60)50(59)52(67-55)54(61)62)66-49(58)43-40-37-33-29-18-15-12-9-6-3/h7,10,16,19,23-24,27,30,35,38,46,50-53,55,59-60H,4-6,8-9,11-15,17-18,20-22,25-26,28-29,31-34,36-37,39-45H2,1-3H3,(H,61,62)/b10-7-,19-16-,24-23-,30-27-,38-35-. The number of aliphatic hydroxyl groups is 2. The molecule has 0 radical (unpaired) electrons. The Labute approximate surface area is 405 Å². The fraction of sp³-hybridized carbons (Fsp3) is 0.745. The highest BCUT2D eigenvalue weighted by Gasteiger charge is 2.50. The third-order valence-corrected chi connectivity index (χ3v) is 11.6. The van der Waals surface area contributed by atoms with Crippen molar-refractivity contribution >= 4 is 23.9 Å². The van der Waals surface area contributed by atoms with Gasteiger partial charge in [0.05, 0.1) is 13.0 Å². The van der Waals surface area contributed by atoms with Gasteiger partial charge in [0.15, 0.2) is 24.6 Å². The van der Waals surface area contributed by atoms with Gasteiger partial charge in [0.25, 0.3) is 0 Å². The summed E-state index contributed by atoms with van der Waals surface area (Å²) < 4.78 is 28.1. The molecule has 384 valence electrons. The number of aliphatic hydroxyl groups excluding tert-OH is 2. The average molecular weight is 945 g/mol. The Hall–Kier alpha value is -3.58. The van der Waals surface area contributed by atoms with Crippen molar-refractivity contribution in [2.75, 3.05) is 13.2 Å². The molecule has 3 N–H and O–H groups in total. The van der Waals surface area contributed by atoms with Crippen molar-refractivity contribution in [3.63, 3.8) is 0 Å². The fourth-order valence-corrected chi connectivity index (χ4v) is 7.62. The van der Waals surface area contributed by atoms with Crippen LogP contribution in [0.1, 0.15) is 213 Å². The lowest BCUT2D eigenvalue weighted by molar-refractivity contribution is -0.301. The van der Waals surface area contributed by atoms with Crippen LogP contribution in [0.2, 0.25) is 0 Å². The SMILES string of the molecule is CC/C=C\C/C=C\C/C=C\C/C=C\C/C=C\CC(=O)OCC(COC1OC(C(=O)O)C(O)C(O)C1OC(=O)CCCCCCCCCCC)OC(=O)CCCCCCCCCCCCCCC. The number of hydrogen-bond donors (Lipinski definition) is 3. The number of aliphatic carboxylic acids is 1. The Morgan fingerprint density at radius 2 is 0.925 bits per heavy atom. The van der Waals surface area contributed by atoms with E-state index in [4.69, 9.17) is 23.7 Å². The lowest BCUT2D eigenvalue weighted by atomic mass is 9.98. The topological polar surface area (TPSA) is 175 Å². The molecule has 0 amide bonds. The number of carbonyl (C=O) groups excluding carboxylic acids is 3. The van der Waals surface area contributed by atoms with Gasteiger partial charge in [0.2, 0.25) is 0 Å². The van der Waals surface area contributed by atoms with Crippen molar-refractivity contribution in [3.05, 3.63) is 60.8 Å². The van der Waals surface area contributed by atoms with E-state index in [9.17, 15) is 34.5 Å². The summed E-state index contributed by atoms with van der Waals surface area (Å²) >= 11 is 0. The Morgan fingerprint density at radius 3 is 1.37 bits per heavy atom. The van der Waals surface area contributed by atoms with E-state index in [1.807, 2.05) is 12.2 Å². The number of esters is 3. The average Bonchev–Trinajstić information content (AvgIpc) is 3.31. The minimum Gasteiger partial charge on any atom is -0.479 e. The lowest BCUT2D eigenvalue weighted by Gasteiger charge is -2.40. The highest BCUT2D eigenvalue weighted by atomic mass is 16.7. The van der Waals surface area contributed by atoms with Crippen molar-refractivity contribution in [1.29, 1.82) is 0 Å². The summed E-state index contributed by atoms with van der Waals surface area (Å²) in [5.41, 5.74) is 0. The summed E-state index contributed by atoms with van der Waals surface area (Å²) in [6.45, 7) is 5.73. The molecule has 12 nitrogen and oxygen atoms in total. The summed E-state index contributed by atoms with van der Waals surface area (Å²) in [6, 6.07) is 0. The van der Waals surface area contributed by atoms with Crippen LogP contribution in [-0.2, 0) is 42.9 Å². The molecule has 1 rings (SSSR count). The Balaban J connectivity index is 2.78. The van der Waals surface area contributed by atoms with E-state index in [1.54, 1.807) is 6.08 Å². The van der Waals surface area contributed by atoms with Crippen LogP contribution < -0.4 is 0 Å². The van der Waals surface area contributed by atoms with Crippen LogP contribution in [-0.4, -0.2) is 89.2 Å². The Bertz CT molecular complexity index is 1400. The number of allylic oxidation sites excluding steroid dienone is 9.